The highest BCUT2D eigenvalue weighted by atomic mass is 32.2. The van der Waals surface area contributed by atoms with E-state index in [2.05, 4.69) is 61.2 Å². The van der Waals surface area contributed by atoms with E-state index in [4.69, 9.17) is 27.2 Å². The van der Waals surface area contributed by atoms with E-state index in [0.717, 1.165) is 55.5 Å². The molecule has 11 heteroatoms. The van der Waals surface area contributed by atoms with Crippen LogP contribution in [0.2, 0.25) is 0 Å². The molecule has 4 rings (SSSR count). The summed E-state index contributed by atoms with van der Waals surface area (Å²) in [7, 11) is -1.05. The van der Waals surface area contributed by atoms with Gasteiger partial charge in [-0.25, -0.2) is 8.42 Å². The standard InChI is InChI=1S/C27H24O3S.CHF3O3S/c1-28-21-10-4-18(5-11-21)24-16-17-25(31)27(20-8-14-23(30-3)15-9-20)26(24)19-6-12-22(29-2)13-7-19;2-1(3,4)8(5,6)7/h4-17,31H,1-3H3;(H,5,6,7). The van der Waals surface area contributed by atoms with Gasteiger partial charge in [-0.05, 0) is 83.4 Å². The van der Waals surface area contributed by atoms with Gasteiger partial charge in [-0.15, -0.1) is 0 Å². The Morgan fingerprint density at radius 1 is 0.615 bits per heavy atom. The molecule has 0 saturated heterocycles. The van der Waals surface area contributed by atoms with Gasteiger partial charge >= 0.3 is 5.51 Å². The molecular weight excluding hydrogens is 553 g/mol. The number of methoxy groups -OCH3 is 3. The van der Waals surface area contributed by atoms with Crippen LogP contribution in [0.5, 0.6) is 17.2 Å². The molecule has 0 aliphatic carbocycles. The summed E-state index contributed by atoms with van der Waals surface area (Å²) >= 11 is 3.86. The van der Waals surface area contributed by atoms with E-state index in [0.29, 0.717) is 0 Å². The normalized spacial score (nSPS) is 11.3. The van der Waals surface area contributed by atoms with Crippen molar-refractivity contribution in [3.63, 3.8) is 0 Å². The first-order valence-corrected chi connectivity index (χ1v) is 13.1. The van der Waals surface area contributed by atoms with E-state index in [1.165, 1.54) is 0 Å². The largest absolute Gasteiger partial charge is 0.741 e. The first kappa shape index (κ1) is 29.9. The maximum atomic E-state index is 10.7. The number of hydrogen-bond donors (Lipinski definition) is 0. The second-order valence-corrected chi connectivity index (χ2v) is 9.91. The van der Waals surface area contributed by atoms with Gasteiger partial charge in [0.05, 0.1) is 21.3 Å². The highest BCUT2D eigenvalue weighted by molar-refractivity contribution is 7.86. The van der Waals surface area contributed by atoms with Gasteiger partial charge in [0, 0.05) is 11.1 Å². The minimum atomic E-state index is -6.09. The van der Waals surface area contributed by atoms with Gasteiger partial charge in [-0.2, -0.15) is 13.2 Å². The van der Waals surface area contributed by atoms with E-state index >= 15 is 0 Å². The molecule has 0 atom stereocenters. The number of rotatable bonds is 6. The predicted octanol–water partition coefficient (Wildman–Crippen LogP) is 6.14. The van der Waals surface area contributed by atoms with Crippen LogP contribution in [-0.4, -0.2) is 39.8 Å². The van der Waals surface area contributed by atoms with Crippen LogP contribution in [0.4, 0.5) is 13.2 Å². The van der Waals surface area contributed by atoms with Crippen LogP contribution < -0.4 is 14.2 Å². The van der Waals surface area contributed by atoms with Crippen molar-refractivity contribution in [1.29, 1.82) is 0 Å². The summed E-state index contributed by atoms with van der Waals surface area (Å²) in [6.45, 7) is 0. The molecule has 39 heavy (non-hydrogen) atoms. The molecule has 0 unspecified atom stereocenters. The van der Waals surface area contributed by atoms with E-state index < -0.39 is 15.6 Å². The second-order valence-electron chi connectivity index (χ2n) is 8.00. The quantitative estimate of drug-likeness (QED) is 0.155. The van der Waals surface area contributed by atoms with Crippen molar-refractivity contribution in [3.05, 3.63) is 84.9 Å². The molecule has 0 saturated carbocycles. The monoisotopic (exact) mass is 578 g/mol. The van der Waals surface area contributed by atoms with Crippen LogP contribution in [0.1, 0.15) is 0 Å². The average Bonchev–Trinajstić information content (AvgIpc) is 2.92. The van der Waals surface area contributed by atoms with E-state index in [1.54, 1.807) is 21.3 Å². The molecule has 4 aromatic rings. The first-order valence-electron chi connectivity index (χ1n) is 11.2. The van der Waals surface area contributed by atoms with E-state index in [1.807, 2.05) is 36.4 Å². The first-order chi connectivity index (χ1) is 18.4. The van der Waals surface area contributed by atoms with Crippen molar-refractivity contribution in [2.75, 3.05) is 21.3 Å². The van der Waals surface area contributed by atoms with Crippen LogP contribution >= 0.6 is 0 Å². The minimum Gasteiger partial charge on any atom is -0.741 e. The van der Waals surface area contributed by atoms with Crippen molar-refractivity contribution >= 4 is 22.7 Å². The Kier molecular flexibility index (Phi) is 9.54. The van der Waals surface area contributed by atoms with E-state index in [9.17, 15) is 13.2 Å². The van der Waals surface area contributed by atoms with Crippen molar-refractivity contribution in [2.24, 2.45) is 0 Å². The third-order valence-electron chi connectivity index (χ3n) is 5.65. The molecule has 0 N–H and O–H groups in total. The van der Waals surface area contributed by atoms with Gasteiger partial charge in [-0.1, -0.05) is 36.4 Å². The lowest BCUT2D eigenvalue weighted by Crippen LogP contribution is -2.21. The lowest BCUT2D eigenvalue weighted by Gasteiger charge is -2.17. The number of halogens is 3. The van der Waals surface area contributed by atoms with Gasteiger partial charge in [0.15, 0.2) is 15.0 Å². The summed E-state index contributed by atoms with van der Waals surface area (Å²) in [5, 5.41) is 0. The van der Waals surface area contributed by atoms with Crippen LogP contribution in [0.25, 0.3) is 33.4 Å². The molecule has 206 valence electrons. The summed E-state index contributed by atoms with van der Waals surface area (Å²) in [4.78, 5) is 1.02. The zero-order chi connectivity index (χ0) is 28.8. The van der Waals surface area contributed by atoms with Crippen LogP contribution in [0, 0.1) is 0 Å². The minimum absolute atomic E-state index is 0.829. The zero-order valence-electron chi connectivity index (χ0n) is 21.1. The third kappa shape index (κ3) is 7.25. The maximum Gasteiger partial charge on any atom is 0.485 e. The molecule has 0 aliphatic rings. The number of benzene rings is 4. The Labute approximate surface area is 230 Å². The molecule has 6 nitrogen and oxygen atoms in total. The number of hydrogen-bond acceptors (Lipinski definition) is 6. The van der Waals surface area contributed by atoms with E-state index in [-0.39, 0.29) is 0 Å². The summed E-state index contributed by atoms with van der Waals surface area (Å²) in [6, 6.07) is 28.7. The Morgan fingerprint density at radius 3 is 1.28 bits per heavy atom. The fourth-order valence-electron chi connectivity index (χ4n) is 3.73. The second kappa shape index (κ2) is 12.5. The third-order valence-corrected chi connectivity index (χ3v) is 6.63. The molecule has 0 aromatic heterocycles. The van der Waals surface area contributed by atoms with Crippen molar-refractivity contribution < 1.29 is 40.4 Å². The summed E-state index contributed by atoms with van der Waals surface area (Å²) < 4.78 is 75.0. The molecule has 0 aliphatic heterocycles. The SMILES string of the molecule is COc1ccc(-c2ccc([SH2+])c(-c3ccc(OC)cc3)c2-c2ccc(OC)cc2)cc1.O=S(=O)([O-])C(F)(F)F. The summed E-state index contributed by atoms with van der Waals surface area (Å²) in [5.74, 6) is 2.49. The molecule has 0 fully saturated rings. The smallest absolute Gasteiger partial charge is 0.485 e. The van der Waals surface area contributed by atoms with Crippen LogP contribution in [0.3, 0.4) is 0 Å². The fraction of sp³-hybridized carbons (Fsp3) is 0.143. The Hall–Kier alpha value is -3.67. The average molecular weight is 579 g/mol. The van der Waals surface area contributed by atoms with Gasteiger partial charge in [0.25, 0.3) is 0 Å². The Bertz CT molecular complexity index is 1500. The molecule has 4 aromatic carbocycles. The molecule has 0 spiro atoms. The van der Waals surface area contributed by atoms with Crippen molar-refractivity contribution in [3.8, 4) is 50.6 Å². The number of alkyl halides is 3. The summed E-state index contributed by atoms with van der Waals surface area (Å²) in [5.41, 5.74) is 1.09. The van der Waals surface area contributed by atoms with Gasteiger partial charge in [0.1, 0.15) is 17.2 Å². The lowest BCUT2D eigenvalue weighted by atomic mass is 9.87. The predicted molar refractivity (Wildman–Crippen MR) is 147 cm³/mol. The number of ether oxygens (including phenoxy) is 3. The topological polar surface area (TPSA) is 84.9 Å². The van der Waals surface area contributed by atoms with Crippen molar-refractivity contribution in [1.82, 2.24) is 0 Å². The van der Waals surface area contributed by atoms with Gasteiger partial charge < -0.3 is 18.8 Å². The van der Waals surface area contributed by atoms with Crippen molar-refractivity contribution in [2.45, 2.75) is 10.4 Å². The lowest BCUT2D eigenvalue weighted by molar-refractivity contribution is -0.0517. The Morgan fingerprint density at radius 2 is 0.949 bits per heavy atom. The zero-order valence-corrected chi connectivity index (χ0v) is 22.9. The molecule has 0 heterocycles. The molecular formula is C28H25F3O6S2. The van der Waals surface area contributed by atoms with Crippen LogP contribution in [-0.2, 0) is 22.7 Å². The fourth-order valence-corrected chi connectivity index (χ4v) is 4.08. The maximum absolute atomic E-state index is 10.7. The summed E-state index contributed by atoms with van der Waals surface area (Å²) in [6.07, 6.45) is 0. The highest BCUT2D eigenvalue weighted by Gasteiger charge is 2.36. The van der Waals surface area contributed by atoms with Gasteiger partial charge in [-0.3, -0.25) is 0 Å². The van der Waals surface area contributed by atoms with Gasteiger partial charge in [0.2, 0.25) is 0 Å². The Balaban J connectivity index is 0.000000459. The van der Waals surface area contributed by atoms with Crippen LogP contribution in [0.15, 0.2) is 89.8 Å². The highest BCUT2D eigenvalue weighted by Crippen LogP contribution is 2.43. The molecule has 0 radical (unpaired) electrons. The molecule has 0 bridgehead atoms. The molecule has 0 amide bonds.